The van der Waals surface area contributed by atoms with Gasteiger partial charge in [-0.15, -0.1) is 0 Å². The van der Waals surface area contributed by atoms with Crippen molar-refractivity contribution < 1.29 is 14.4 Å². The molecule has 0 aromatic heterocycles. The van der Waals surface area contributed by atoms with Gasteiger partial charge in [-0.05, 0) is 62.5 Å². The van der Waals surface area contributed by atoms with Crippen LogP contribution in [0.5, 0.6) is 0 Å². The molecule has 0 spiro atoms. The van der Waals surface area contributed by atoms with Gasteiger partial charge in [0.15, 0.2) is 0 Å². The number of nitrogens with one attached hydrogen (secondary N) is 1. The molecular weight excluding hydrogens is 402 g/mol. The zero-order valence-electron chi connectivity index (χ0n) is 19.4. The quantitative estimate of drug-likeness (QED) is 0.734. The second-order valence-corrected chi connectivity index (χ2v) is 10.8. The van der Waals surface area contributed by atoms with E-state index in [1.54, 1.807) is 0 Å². The predicted molar refractivity (Wildman–Crippen MR) is 122 cm³/mol. The topological polar surface area (TPSA) is 69.7 Å². The molecule has 1 unspecified atom stereocenters. The van der Waals surface area contributed by atoms with Crippen LogP contribution in [0.25, 0.3) is 0 Å². The lowest BCUT2D eigenvalue weighted by atomic mass is 9.73. The predicted octanol–water partition coefficient (Wildman–Crippen LogP) is 3.67. The van der Waals surface area contributed by atoms with Crippen molar-refractivity contribution in [1.29, 1.82) is 0 Å². The Morgan fingerprint density at radius 3 is 2.16 bits per heavy atom. The third-order valence-corrected chi connectivity index (χ3v) is 8.72. The van der Waals surface area contributed by atoms with E-state index < -0.39 is 5.54 Å². The Morgan fingerprint density at radius 2 is 1.56 bits per heavy atom. The Balaban J connectivity index is 1.24. The fourth-order valence-corrected chi connectivity index (χ4v) is 6.59. The van der Waals surface area contributed by atoms with Crippen LogP contribution in [0.4, 0.5) is 4.79 Å². The molecule has 4 amide bonds. The highest BCUT2D eigenvalue weighted by Gasteiger charge is 2.55. The van der Waals surface area contributed by atoms with E-state index in [4.69, 9.17) is 0 Å². The molecule has 1 aromatic carbocycles. The van der Waals surface area contributed by atoms with Gasteiger partial charge in [0.2, 0.25) is 5.91 Å². The molecule has 0 radical (unpaired) electrons. The molecule has 2 saturated heterocycles. The summed E-state index contributed by atoms with van der Waals surface area (Å²) in [6.07, 6.45) is 8.44. The molecule has 32 heavy (non-hydrogen) atoms. The summed E-state index contributed by atoms with van der Waals surface area (Å²) >= 11 is 0. The lowest BCUT2D eigenvalue weighted by Crippen LogP contribution is -2.56. The summed E-state index contributed by atoms with van der Waals surface area (Å²) in [6.45, 7) is 5.36. The monoisotopic (exact) mass is 437 g/mol. The summed E-state index contributed by atoms with van der Waals surface area (Å²) in [5, 5.41) is 3.05. The van der Waals surface area contributed by atoms with Gasteiger partial charge >= 0.3 is 6.03 Å². The highest BCUT2D eigenvalue weighted by atomic mass is 16.2. The number of carbonyl (C=O) groups excluding carboxylic acids is 3. The lowest BCUT2D eigenvalue weighted by Gasteiger charge is -2.43. The van der Waals surface area contributed by atoms with Crippen molar-refractivity contribution >= 4 is 17.8 Å². The lowest BCUT2D eigenvalue weighted by molar-refractivity contribution is -0.145. The van der Waals surface area contributed by atoms with Crippen LogP contribution in [0, 0.1) is 11.3 Å². The number of nitrogens with zero attached hydrogens (tertiary/aromatic N) is 2. The molecule has 1 saturated carbocycles. The van der Waals surface area contributed by atoms with Gasteiger partial charge in [-0.25, -0.2) is 4.79 Å². The van der Waals surface area contributed by atoms with Crippen molar-refractivity contribution in [3.05, 3.63) is 35.4 Å². The number of urea groups is 1. The molecular formula is C26H35N3O3. The molecule has 0 bridgehead atoms. The van der Waals surface area contributed by atoms with Crippen molar-refractivity contribution in [3.8, 4) is 0 Å². The fraction of sp³-hybridized carbons (Fsp3) is 0.654. The van der Waals surface area contributed by atoms with E-state index in [1.165, 1.54) is 22.4 Å². The smallest absolute Gasteiger partial charge is 0.325 e. The Kier molecular flexibility index (Phi) is 5.30. The molecule has 2 aliphatic heterocycles. The number of hydrogen-bond donors (Lipinski definition) is 1. The minimum atomic E-state index is -0.879. The normalized spacial score (nSPS) is 28.7. The Hall–Kier alpha value is -2.37. The van der Waals surface area contributed by atoms with Gasteiger partial charge in [0.05, 0.1) is 0 Å². The summed E-state index contributed by atoms with van der Waals surface area (Å²) < 4.78 is 0. The highest BCUT2D eigenvalue weighted by Crippen LogP contribution is 2.40. The second kappa shape index (κ2) is 7.89. The number of imide groups is 1. The van der Waals surface area contributed by atoms with Crippen LogP contribution in [0.2, 0.25) is 0 Å². The molecule has 172 valence electrons. The number of benzene rings is 1. The molecule has 2 aliphatic carbocycles. The molecule has 6 heteroatoms. The van der Waals surface area contributed by atoms with Crippen molar-refractivity contribution in [2.75, 3.05) is 13.1 Å². The average molecular weight is 438 g/mol. The Labute approximate surface area is 190 Å². The van der Waals surface area contributed by atoms with Crippen LogP contribution in [-0.4, -0.2) is 52.3 Å². The van der Waals surface area contributed by atoms with E-state index in [2.05, 4.69) is 24.4 Å². The summed E-state index contributed by atoms with van der Waals surface area (Å²) in [5.41, 5.74) is 1.36. The number of amides is 4. The molecule has 6 nitrogen and oxygen atoms in total. The minimum absolute atomic E-state index is 0.0518. The second-order valence-electron chi connectivity index (χ2n) is 10.8. The van der Waals surface area contributed by atoms with Crippen LogP contribution in [0.15, 0.2) is 24.3 Å². The first-order valence-corrected chi connectivity index (χ1v) is 12.3. The van der Waals surface area contributed by atoms with Crippen molar-refractivity contribution in [2.24, 2.45) is 11.3 Å². The van der Waals surface area contributed by atoms with E-state index in [0.29, 0.717) is 13.1 Å². The van der Waals surface area contributed by atoms with Crippen LogP contribution in [-0.2, 0) is 22.4 Å². The summed E-state index contributed by atoms with van der Waals surface area (Å²) in [5.74, 6) is 0.244. The highest BCUT2D eigenvalue weighted by molar-refractivity contribution is 6.07. The standard InChI is InChI=1S/C26H35N3O3/c1-25(12-6-3-7-13-25)22(30)28-14-10-20(11-15-28)26(2)23(31)29(24(32)27-26)21-16-18-8-4-5-9-19(18)17-21/h4-5,8-9,20-21H,3,6-7,10-17H2,1-2H3,(H,27,32). The fourth-order valence-electron chi connectivity index (χ4n) is 6.59. The van der Waals surface area contributed by atoms with E-state index in [1.807, 2.05) is 24.0 Å². The molecule has 5 rings (SSSR count). The van der Waals surface area contributed by atoms with Crippen LogP contribution < -0.4 is 5.32 Å². The van der Waals surface area contributed by atoms with Crippen molar-refractivity contribution in [3.63, 3.8) is 0 Å². The summed E-state index contributed by atoms with van der Waals surface area (Å²) in [6, 6.07) is 7.84. The van der Waals surface area contributed by atoms with Gasteiger partial charge in [0, 0.05) is 24.5 Å². The number of likely N-dealkylation sites (tertiary alicyclic amines) is 1. The molecule has 4 aliphatic rings. The molecule has 1 atom stereocenters. The Morgan fingerprint density at radius 1 is 0.969 bits per heavy atom. The maximum atomic E-state index is 13.6. The number of rotatable bonds is 3. The molecule has 2 heterocycles. The number of piperidine rings is 1. The molecule has 3 fully saturated rings. The number of carbonyl (C=O) groups is 3. The van der Waals surface area contributed by atoms with Crippen LogP contribution in [0.3, 0.4) is 0 Å². The summed E-state index contributed by atoms with van der Waals surface area (Å²) in [7, 11) is 0. The summed E-state index contributed by atoms with van der Waals surface area (Å²) in [4.78, 5) is 43.2. The maximum Gasteiger partial charge on any atom is 0.325 e. The van der Waals surface area contributed by atoms with Crippen molar-refractivity contribution in [1.82, 2.24) is 15.1 Å². The SMILES string of the molecule is CC1(C(=O)N2CCC(C3(C)NC(=O)N(C4Cc5ccccc5C4)C3=O)CC2)CCCCC1. The van der Waals surface area contributed by atoms with E-state index in [-0.39, 0.29) is 35.2 Å². The average Bonchev–Trinajstić information content (AvgIpc) is 3.32. The van der Waals surface area contributed by atoms with Gasteiger partial charge < -0.3 is 10.2 Å². The van der Waals surface area contributed by atoms with E-state index >= 15 is 0 Å². The van der Waals surface area contributed by atoms with Gasteiger partial charge in [-0.3, -0.25) is 14.5 Å². The van der Waals surface area contributed by atoms with E-state index in [9.17, 15) is 14.4 Å². The third kappa shape index (κ3) is 3.43. The molecule has 1 N–H and O–H groups in total. The van der Waals surface area contributed by atoms with Crippen molar-refractivity contribution in [2.45, 2.75) is 83.2 Å². The van der Waals surface area contributed by atoms with E-state index in [0.717, 1.165) is 51.4 Å². The first-order valence-electron chi connectivity index (χ1n) is 12.3. The van der Waals surface area contributed by atoms with Gasteiger partial charge in [0.1, 0.15) is 5.54 Å². The number of fused-ring (bicyclic) bond motifs is 1. The number of hydrogen-bond acceptors (Lipinski definition) is 3. The zero-order chi connectivity index (χ0) is 22.5. The van der Waals surface area contributed by atoms with Crippen LogP contribution >= 0.6 is 0 Å². The zero-order valence-corrected chi connectivity index (χ0v) is 19.4. The van der Waals surface area contributed by atoms with Gasteiger partial charge in [-0.1, -0.05) is 50.5 Å². The maximum absolute atomic E-state index is 13.6. The van der Waals surface area contributed by atoms with Crippen LogP contribution in [0.1, 0.15) is 69.9 Å². The first kappa shape index (κ1) is 21.5. The van der Waals surface area contributed by atoms with Gasteiger partial charge in [-0.2, -0.15) is 0 Å². The minimum Gasteiger partial charge on any atom is -0.342 e. The molecule has 1 aromatic rings. The largest absolute Gasteiger partial charge is 0.342 e. The third-order valence-electron chi connectivity index (χ3n) is 8.72. The first-order chi connectivity index (χ1) is 15.3. The Bertz CT molecular complexity index is 905. The van der Waals surface area contributed by atoms with Gasteiger partial charge in [0.25, 0.3) is 5.91 Å².